The van der Waals surface area contributed by atoms with Crippen LogP contribution in [0, 0.1) is 0 Å². The third kappa shape index (κ3) is 1.48. The first-order valence-corrected chi connectivity index (χ1v) is 5.19. The lowest BCUT2D eigenvalue weighted by Gasteiger charge is -2.21. The molecule has 1 atom stereocenters. The summed E-state index contributed by atoms with van der Waals surface area (Å²) in [5.41, 5.74) is 1.53. The molecule has 1 unspecified atom stereocenters. The Balaban J connectivity index is 2.36. The molecule has 0 saturated carbocycles. The van der Waals surface area contributed by atoms with Gasteiger partial charge in [-0.05, 0) is 25.5 Å². The molecule has 80 valence electrons. The lowest BCUT2D eigenvalue weighted by Crippen LogP contribution is -2.36. The summed E-state index contributed by atoms with van der Waals surface area (Å²) in [4.78, 5) is 11.9. The van der Waals surface area contributed by atoms with E-state index >= 15 is 0 Å². The number of anilines is 1. The number of carbonyl (C=O) groups excluding carboxylic acids is 1. The lowest BCUT2D eigenvalue weighted by atomic mass is 9.85. The summed E-state index contributed by atoms with van der Waals surface area (Å²) < 4.78 is 5.11. The van der Waals surface area contributed by atoms with Crippen LogP contribution in [0.4, 0.5) is 5.69 Å². The number of hydrogen-bond acceptors (Lipinski definition) is 3. The monoisotopic (exact) mass is 205 g/mol. The highest BCUT2D eigenvalue weighted by Gasteiger charge is 2.42. The molecule has 0 bridgehead atoms. The van der Waals surface area contributed by atoms with Gasteiger partial charge in [0.2, 0.25) is 0 Å². The molecule has 0 aromatic heterocycles. The van der Waals surface area contributed by atoms with E-state index in [0.717, 1.165) is 11.3 Å². The maximum Gasteiger partial charge on any atom is 0.318 e. The molecule has 0 radical (unpaired) electrons. The predicted octanol–water partition coefficient (Wildman–Crippen LogP) is 1.93. The number of esters is 1. The molecule has 1 aromatic carbocycles. The van der Waals surface area contributed by atoms with Crippen molar-refractivity contribution in [2.75, 3.05) is 18.5 Å². The SMILES string of the molecule is CCOC(=O)C1(C)CNc2ccccc21. The van der Waals surface area contributed by atoms with Gasteiger partial charge in [-0.25, -0.2) is 0 Å². The van der Waals surface area contributed by atoms with Crippen LogP contribution in [0.25, 0.3) is 0 Å². The average Bonchev–Trinajstić information content (AvgIpc) is 2.59. The van der Waals surface area contributed by atoms with Gasteiger partial charge in [-0.15, -0.1) is 0 Å². The van der Waals surface area contributed by atoms with E-state index in [2.05, 4.69) is 5.32 Å². The summed E-state index contributed by atoms with van der Waals surface area (Å²) in [5, 5.41) is 3.23. The number of para-hydroxylation sites is 1. The van der Waals surface area contributed by atoms with Crippen molar-refractivity contribution >= 4 is 11.7 Å². The fraction of sp³-hybridized carbons (Fsp3) is 0.417. The minimum absolute atomic E-state index is 0.151. The minimum Gasteiger partial charge on any atom is -0.465 e. The van der Waals surface area contributed by atoms with Gasteiger partial charge in [-0.3, -0.25) is 4.79 Å². The highest BCUT2D eigenvalue weighted by molar-refractivity contribution is 5.88. The van der Waals surface area contributed by atoms with Crippen molar-refractivity contribution in [2.24, 2.45) is 0 Å². The number of fused-ring (bicyclic) bond motifs is 1. The quantitative estimate of drug-likeness (QED) is 0.750. The fourth-order valence-corrected chi connectivity index (χ4v) is 1.96. The second-order valence-electron chi connectivity index (χ2n) is 3.95. The van der Waals surface area contributed by atoms with Crippen LogP contribution in [0.3, 0.4) is 0 Å². The molecule has 1 aromatic rings. The van der Waals surface area contributed by atoms with Crippen LogP contribution in [0.2, 0.25) is 0 Å². The van der Waals surface area contributed by atoms with Crippen LogP contribution in [0.1, 0.15) is 19.4 Å². The van der Waals surface area contributed by atoms with Crippen molar-refractivity contribution in [3.63, 3.8) is 0 Å². The molecule has 0 fully saturated rings. The number of hydrogen-bond donors (Lipinski definition) is 1. The molecule has 1 N–H and O–H groups in total. The zero-order valence-electron chi connectivity index (χ0n) is 9.04. The smallest absolute Gasteiger partial charge is 0.318 e. The highest BCUT2D eigenvalue weighted by Crippen LogP contribution is 2.37. The van der Waals surface area contributed by atoms with Crippen LogP contribution in [0.15, 0.2) is 24.3 Å². The van der Waals surface area contributed by atoms with E-state index in [0.29, 0.717) is 13.2 Å². The normalized spacial score (nSPS) is 23.1. The van der Waals surface area contributed by atoms with Gasteiger partial charge in [0, 0.05) is 12.2 Å². The third-order valence-corrected chi connectivity index (χ3v) is 2.88. The van der Waals surface area contributed by atoms with Crippen molar-refractivity contribution in [2.45, 2.75) is 19.3 Å². The van der Waals surface area contributed by atoms with E-state index < -0.39 is 5.41 Å². The van der Waals surface area contributed by atoms with Crippen molar-refractivity contribution in [1.82, 2.24) is 0 Å². The van der Waals surface area contributed by atoms with Gasteiger partial charge in [0.15, 0.2) is 0 Å². The van der Waals surface area contributed by atoms with E-state index in [9.17, 15) is 4.79 Å². The third-order valence-electron chi connectivity index (χ3n) is 2.88. The Kier molecular flexibility index (Phi) is 2.39. The summed E-state index contributed by atoms with van der Waals surface area (Å²) in [6.45, 7) is 4.79. The number of rotatable bonds is 2. The van der Waals surface area contributed by atoms with Crippen molar-refractivity contribution < 1.29 is 9.53 Å². The first kappa shape index (κ1) is 10.0. The first-order chi connectivity index (χ1) is 7.18. The average molecular weight is 205 g/mol. The van der Waals surface area contributed by atoms with Crippen molar-refractivity contribution in [1.29, 1.82) is 0 Å². The Morgan fingerprint density at radius 2 is 2.27 bits per heavy atom. The van der Waals surface area contributed by atoms with Crippen LogP contribution in [0.5, 0.6) is 0 Å². The largest absolute Gasteiger partial charge is 0.465 e. The van der Waals surface area contributed by atoms with Gasteiger partial charge in [-0.1, -0.05) is 18.2 Å². The molecule has 1 aliphatic rings. The van der Waals surface area contributed by atoms with Crippen molar-refractivity contribution in [3.8, 4) is 0 Å². The Labute approximate surface area is 89.4 Å². The van der Waals surface area contributed by atoms with Crippen molar-refractivity contribution in [3.05, 3.63) is 29.8 Å². The van der Waals surface area contributed by atoms with E-state index in [1.165, 1.54) is 0 Å². The van der Waals surface area contributed by atoms with Gasteiger partial charge in [0.25, 0.3) is 0 Å². The minimum atomic E-state index is -0.535. The van der Waals surface area contributed by atoms with Crippen LogP contribution < -0.4 is 5.32 Å². The van der Waals surface area contributed by atoms with Crippen LogP contribution in [-0.2, 0) is 14.9 Å². The summed E-state index contributed by atoms with van der Waals surface area (Å²) >= 11 is 0. The molecule has 1 heterocycles. The van der Waals surface area contributed by atoms with Gasteiger partial charge < -0.3 is 10.1 Å². The molecule has 0 aliphatic carbocycles. The summed E-state index contributed by atoms with van der Waals surface area (Å²) in [7, 11) is 0. The van der Waals surface area contributed by atoms with Crippen LogP contribution in [-0.4, -0.2) is 19.1 Å². The van der Waals surface area contributed by atoms with E-state index in [1.807, 2.05) is 38.1 Å². The Hall–Kier alpha value is -1.51. The van der Waals surface area contributed by atoms with Gasteiger partial charge in [0.05, 0.1) is 6.61 Å². The zero-order chi connectivity index (χ0) is 10.9. The molecule has 0 spiro atoms. The second kappa shape index (κ2) is 3.57. The Morgan fingerprint density at radius 3 is 3.00 bits per heavy atom. The Bertz CT molecular complexity index is 389. The maximum atomic E-state index is 11.9. The topological polar surface area (TPSA) is 38.3 Å². The first-order valence-electron chi connectivity index (χ1n) is 5.19. The predicted molar refractivity (Wildman–Crippen MR) is 58.9 cm³/mol. The zero-order valence-corrected chi connectivity index (χ0v) is 9.04. The molecule has 3 nitrogen and oxygen atoms in total. The number of carbonyl (C=O) groups is 1. The molecular weight excluding hydrogens is 190 g/mol. The highest BCUT2D eigenvalue weighted by atomic mass is 16.5. The second-order valence-corrected chi connectivity index (χ2v) is 3.95. The summed E-state index contributed by atoms with van der Waals surface area (Å²) in [6.07, 6.45) is 0. The lowest BCUT2D eigenvalue weighted by molar-refractivity contribution is -0.148. The number of benzene rings is 1. The molecule has 1 aliphatic heterocycles. The van der Waals surface area contributed by atoms with Gasteiger partial charge in [-0.2, -0.15) is 0 Å². The molecule has 2 rings (SSSR count). The number of ether oxygens (including phenoxy) is 1. The van der Waals surface area contributed by atoms with E-state index in [-0.39, 0.29) is 5.97 Å². The molecule has 0 amide bonds. The van der Waals surface area contributed by atoms with Crippen LogP contribution >= 0.6 is 0 Å². The molecule has 15 heavy (non-hydrogen) atoms. The van der Waals surface area contributed by atoms with Gasteiger partial charge in [0.1, 0.15) is 5.41 Å². The van der Waals surface area contributed by atoms with Gasteiger partial charge >= 0.3 is 5.97 Å². The van der Waals surface area contributed by atoms with E-state index in [1.54, 1.807) is 0 Å². The standard InChI is InChI=1S/C12H15NO2/c1-3-15-11(14)12(2)8-13-10-7-5-4-6-9(10)12/h4-7,13H,3,8H2,1-2H3. The maximum absolute atomic E-state index is 11.9. The van der Waals surface area contributed by atoms with E-state index in [4.69, 9.17) is 4.74 Å². The summed E-state index contributed by atoms with van der Waals surface area (Å²) in [5.74, 6) is -0.151. The Morgan fingerprint density at radius 1 is 1.53 bits per heavy atom. The molecule has 3 heteroatoms. The molecular formula is C12H15NO2. The fourth-order valence-electron chi connectivity index (χ4n) is 1.96. The summed E-state index contributed by atoms with van der Waals surface area (Å²) in [6, 6.07) is 7.87. The molecule has 0 saturated heterocycles. The number of nitrogens with one attached hydrogen (secondary N) is 1.